The van der Waals surface area contributed by atoms with Crippen molar-refractivity contribution in [1.29, 1.82) is 0 Å². The van der Waals surface area contributed by atoms with Crippen LogP contribution in [0.3, 0.4) is 0 Å². The van der Waals surface area contributed by atoms with Crippen LogP contribution < -0.4 is 9.80 Å². The summed E-state index contributed by atoms with van der Waals surface area (Å²) < 4.78 is 14.0. The predicted octanol–water partition coefficient (Wildman–Crippen LogP) is 23.5. The molecule has 0 saturated heterocycles. The lowest BCUT2D eigenvalue weighted by Gasteiger charge is -2.35. The van der Waals surface area contributed by atoms with Crippen molar-refractivity contribution in [3.63, 3.8) is 0 Å². The Labute approximate surface area is 535 Å². The molecule has 0 unspecified atom stereocenters. The summed E-state index contributed by atoms with van der Waals surface area (Å²) in [5.74, 6) is 0. The van der Waals surface area contributed by atoms with E-state index in [2.05, 4.69) is 341 Å². The fraction of sp³-hybridized carbons (Fsp3) is 0.0682. The van der Waals surface area contributed by atoms with Crippen molar-refractivity contribution in [2.24, 2.45) is 0 Å². The van der Waals surface area contributed by atoms with Crippen LogP contribution in [-0.2, 0) is 10.8 Å². The standard InChI is InChI=1S/C88H62N2O2/c1-55-23-19-24-56(2)85(55)89(65-33-21-31-63(51-65)87(61-27-7-5-8-28-61)77-39-15-11-35-69(77)70-36-12-16-40-78(70)87)67-43-45-73-75-47-59-50-82-76(48-60(59)49-81(75)91-83(73)53-67)74-46-44-68(54-84(74)92-82)90(86-57(3)25-20-26-58(86)4)66-34-22-32-64(52-66)88(62-29-9-6-10-30-62)79-41-17-13-37-71(79)72-38-14-18-42-80(72)88/h5-54H,1-4H3. The quantitative estimate of drug-likeness (QED) is 0.137. The highest BCUT2D eigenvalue weighted by Crippen LogP contribution is 2.59. The Hall–Kier alpha value is -11.5. The monoisotopic (exact) mass is 1180 g/mol. The molecule has 2 aliphatic carbocycles. The predicted molar refractivity (Wildman–Crippen MR) is 381 cm³/mol. The van der Waals surface area contributed by atoms with E-state index in [0.717, 1.165) is 88.8 Å². The summed E-state index contributed by atoms with van der Waals surface area (Å²) in [6.07, 6.45) is 0. The van der Waals surface area contributed by atoms with Crippen LogP contribution in [0.15, 0.2) is 312 Å². The van der Waals surface area contributed by atoms with E-state index in [1.165, 1.54) is 89.0 Å². The Kier molecular flexibility index (Phi) is 12.0. The Morgan fingerprint density at radius 1 is 0.239 bits per heavy atom. The molecule has 4 nitrogen and oxygen atoms in total. The molecule has 0 spiro atoms. The van der Waals surface area contributed by atoms with E-state index in [4.69, 9.17) is 8.83 Å². The van der Waals surface area contributed by atoms with Gasteiger partial charge in [-0.3, -0.25) is 0 Å². The third-order valence-corrected chi connectivity index (χ3v) is 20.2. The van der Waals surface area contributed by atoms with Gasteiger partial charge in [-0.15, -0.1) is 0 Å². The van der Waals surface area contributed by atoms with Gasteiger partial charge in [0.05, 0.1) is 22.2 Å². The molecule has 92 heavy (non-hydrogen) atoms. The van der Waals surface area contributed by atoms with Crippen molar-refractivity contribution >= 4 is 88.8 Å². The van der Waals surface area contributed by atoms with Crippen molar-refractivity contribution in [2.45, 2.75) is 38.5 Å². The van der Waals surface area contributed by atoms with E-state index < -0.39 is 10.8 Å². The van der Waals surface area contributed by atoms with Gasteiger partial charge in [0.25, 0.3) is 0 Å². The molecule has 2 heterocycles. The third kappa shape index (κ3) is 7.77. The molecule has 0 fully saturated rings. The van der Waals surface area contributed by atoms with Crippen LogP contribution in [0, 0.1) is 27.7 Å². The van der Waals surface area contributed by atoms with Crippen LogP contribution in [0.2, 0.25) is 0 Å². The average Bonchev–Trinajstić information content (AvgIpc) is 1.54. The summed E-state index contributed by atoms with van der Waals surface area (Å²) in [7, 11) is 0. The molecule has 4 heteroatoms. The average molecular weight is 1180 g/mol. The maximum atomic E-state index is 7.02. The number of fused-ring (bicyclic) bond motifs is 13. The molecule has 18 rings (SSSR count). The second kappa shape index (κ2) is 20.5. The van der Waals surface area contributed by atoms with Gasteiger partial charge in [-0.25, -0.2) is 0 Å². The lowest BCUT2D eigenvalue weighted by atomic mass is 9.67. The van der Waals surface area contributed by atoms with Crippen molar-refractivity contribution in [3.05, 3.63) is 370 Å². The summed E-state index contributed by atoms with van der Waals surface area (Å²) in [4.78, 5) is 4.86. The second-order valence-electron chi connectivity index (χ2n) is 25.3. The van der Waals surface area contributed by atoms with Gasteiger partial charge in [0, 0.05) is 56.4 Å². The molecule has 0 radical (unpaired) electrons. The zero-order valence-electron chi connectivity index (χ0n) is 51.6. The maximum absolute atomic E-state index is 7.02. The number of hydrogen-bond donors (Lipinski definition) is 0. The Morgan fingerprint density at radius 2 is 0.543 bits per heavy atom. The molecule has 0 bridgehead atoms. The first-order valence-corrected chi connectivity index (χ1v) is 32.0. The number of benzene rings is 14. The van der Waals surface area contributed by atoms with Crippen LogP contribution in [-0.4, -0.2) is 0 Å². The number of furan rings is 2. The van der Waals surface area contributed by atoms with Crippen molar-refractivity contribution in [3.8, 4) is 22.3 Å². The van der Waals surface area contributed by atoms with Crippen LogP contribution in [0.4, 0.5) is 34.1 Å². The van der Waals surface area contributed by atoms with Crippen molar-refractivity contribution < 1.29 is 8.83 Å². The van der Waals surface area contributed by atoms with Gasteiger partial charge in [0.15, 0.2) is 0 Å². The Morgan fingerprint density at radius 3 is 0.913 bits per heavy atom. The number of hydrogen-bond acceptors (Lipinski definition) is 4. The summed E-state index contributed by atoms with van der Waals surface area (Å²) >= 11 is 0. The summed E-state index contributed by atoms with van der Waals surface area (Å²) in [5.41, 5.74) is 28.6. The maximum Gasteiger partial charge on any atom is 0.137 e. The molecule has 0 saturated carbocycles. The van der Waals surface area contributed by atoms with Crippen LogP contribution in [0.25, 0.3) is 76.9 Å². The van der Waals surface area contributed by atoms with Gasteiger partial charge >= 0.3 is 0 Å². The van der Waals surface area contributed by atoms with Crippen molar-refractivity contribution in [1.82, 2.24) is 0 Å². The highest BCUT2D eigenvalue weighted by molar-refractivity contribution is 6.16. The minimum Gasteiger partial charge on any atom is -0.456 e. The van der Waals surface area contributed by atoms with Crippen LogP contribution in [0.1, 0.15) is 66.8 Å². The highest BCUT2D eigenvalue weighted by atomic mass is 16.3. The number of rotatable bonds is 10. The number of aryl methyl sites for hydroxylation is 4. The molecule has 16 aromatic rings. The van der Waals surface area contributed by atoms with E-state index in [-0.39, 0.29) is 0 Å². The highest BCUT2D eigenvalue weighted by Gasteiger charge is 2.48. The third-order valence-electron chi connectivity index (χ3n) is 20.2. The van der Waals surface area contributed by atoms with E-state index >= 15 is 0 Å². The van der Waals surface area contributed by atoms with Gasteiger partial charge in [-0.2, -0.15) is 0 Å². The first-order valence-electron chi connectivity index (χ1n) is 32.0. The first kappa shape index (κ1) is 53.6. The molecule has 0 atom stereocenters. The Bertz CT molecular complexity index is 5190. The molecule has 0 aliphatic heterocycles. The van der Waals surface area contributed by atoms with Crippen molar-refractivity contribution in [2.75, 3.05) is 9.80 Å². The van der Waals surface area contributed by atoms with Gasteiger partial charge < -0.3 is 18.6 Å². The summed E-state index contributed by atoms with van der Waals surface area (Å²) in [5, 5.41) is 6.41. The number of anilines is 6. The fourth-order valence-electron chi connectivity index (χ4n) is 16.4. The smallest absolute Gasteiger partial charge is 0.137 e. The minimum atomic E-state index is -0.543. The van der Waals surface area contributed by atoms with Gasteiger partial charge in [-0.1, -0.05) is 218 Å². The summed E-state index contributed by atoms with van der Waals surface area (Å²) in [6, 6.07) is 112. The van der Waals surface area contributed by atoms with Crippen LogP contribution >= 0.6 is 0 Å². The number of para-hydroxylation sites is 2. The largest absolute Gasteiger partial charge is 0.456 e. The zero-order valence-corrected chi connectivity index (χ0v) is 51.6. The molecule has 2 aromatic heterocycles. The van der Waals surface area contributed by atoms with Crippen LogP contribution in [0.5, 0.6) is 0 Å². The fourth-order valence-corrected chi connectivity index (χ4v) is 16.4. The Balaban J connectivity index is 0.747. The SMILES string of the molecule is Cc1cccc(C)c1N(c1cccc(C2(c3ccccc3)c3ccccc3-c3ccccc32)c1)c1ccc2c(c1)oc1cc3cc4c(cc3cc12)oc1cc(N(c2cccc(C3(c5ccccc5)c5ccccc5-c5ccccc53)c2)c2c(C)cccc2C)ccc14. The van der Waals surface area contributed by atoms with Gasteiger partial charge in [-0.05, 0) is 200 Å². The molecule has 0 amide bonds. The zero-order chi connectivity index (χ0) is 61.4. The molecular formula is C88H62N2O2. The second-order valence-corrected chi connectivity index (χ2v) is 25.3. The first-order chi connectivity index (χ1) is 45.2. The van der Waals surface area contributed by atoms with Gasteiger partial charge in [0.1, 0.15) is 22.3 Å². The van der Waals surface area contributed by atoms with E-state index in [1.807, 2.05) is 0 Å². The topological polar surface area (TPSA) is 32.8 Å². The molecular weight excluding hydrogens is 1120 g/mol. The van der Waals surface area contributed by atoms with E-state index in [1.54, 1.807) is 0 Å². The van der Waals surface area contributed by atoms with E-state index in [9.17, 15) is 0 Å². The lowest BCUT2D eigenvalue weighted by Crippen LogP contribution is -2.28. The summed E-state index contributed by atoms with van der Waals surface area (Å²) in [6.45, 7) is 8.87. The molecule has 436 valence electrons. The normalized spacial score (nSPS) is 13.4. The molecule has 14 aromatic carbocycles. The van der Waals surface area contributed by atoms with Gasteiger partial charge in [0.2, 0.25) is 0 Å². The lowest BCUT2D eigenvalue weighted by molar-refractivity contribution is 0.668. The van der Waals surface area contributed by atoms with E-state index in [0.29, 0.717) is 0 Å². The molecule has 2 aliphatic rings. The molecule has 0 N–H and O–H groups in total. The minimum absolute atomic E-state index is 0.543. The number of nitrogens with zero attached hydrogens (tertiary/aromatic N) is 2.